The van der Waals surface area contributed by atoms with Gasteiger partial charge in [-0.2, -0.15) is 0 Å². The van der Waals surface area contributed by atoms with Crippen molar-refractivity contribution >= 4 is 46.7 Å². The van der Waals surface area contributed by atoms with Gasteiger partial charge in [0.1, 0.15) is 10.8 Å². The molecule has 1 aromatic heterocycles. The van der Waals surface area contributed by atoms with Crippen LogP contribution < -0.4 is 5.32 Å². The molecule has 0 unspecified atom stereocenters. The lowest BCUT2D eigenvalue weighted by molar-refractivity contribution is -0.122. The zero-order valence-electron chi connectivity index (χ0n) is 17.3. The van der Waals surface area contributed by atoms with E-state index >= 15 is 0 Å². The van der Waals surface area contributed by atoms with Crippen LogP contribution in [0.1, 0.15) is 41.6 Å². The first-order chi connectivity index (χ1) is 15.5. The number of amides is 3. The highest BCUT2D eigenvalue weighted by Gasteiger charge is 2.35. The SMILES string of the molecule is O=C(NCCN1C(=O)SC(=Cc2ccccc2F)C1=O)c1cccnc1SC1CCCC1. The number of rotatable bonds is 7. The zero-order chi connectivity index (χ0) is 22.5. The van der Waals surface area contributed by atoms with Gasteiger partial charge in [-0.3, -0.25) is 19.3 Å². The van der Waals surface area contributed by atoms with Gasteiger partial charge in [-0.1, -0.05) is 31.0 Å². The number of hydrogen-bond acceptors (Lipinski definition) is 6. The van der Waals surface area contributed by atoms with Crippen LogP contribution in [0.4, 0.5) is 9.18 Å². The summed E-state index contributed by atoms with van der Waals surface area (Å²) in [6, 6.07) is 9.50. The normalized spacial score (nSPS) is 18.0. The number of thioether (sulfide) groups is 2. The molecule has 0 radical (unpaired) electrons. The molecule has 9 heteroatoms. The predicted molar refractivity (Wildman–Crippen MR) is 124 cm³/mol. The standard InChI is InChI=1S/C23H22FN3O3S2/c24-18-10-4-1-6-15(18)14-19-22(29)27(23(30)32-19)13-12-25-20(28)17-9-5-11-26-21(17)31-16-7-2-3-8-16/h1,4-6,9-11,14,16H,2-3,7-8,12-13H2,(H,25,28). The average molecular weight is 472 g/mol. The summed E-state index contributed by atoms with van der Waals surface area (Å²) in [5.74, 6) is -1.24. The molecular weight excluding hydrogens is 449 g/mol. The lowest BCUT2D eigenvalue weighted by Gasteiger charge is -2.14. The van der Waals surface area contributed by atoms with E-state index in [9.17, 15) is 18.8 Å². The molecule has 2 aliphatic rings. The van der Waals surface area contributed by atoms with Gasteiger partial charge in [-0.15, -0.1) is 11.8 Å². The Balaban J connectivity index is 1.35. The van der Waals surface area contributed by atoms with Crippen LogP contribution in [-0.4, -0.2) is 45.3 Å². The van der Waals surface area contributed by atoms with Gasteiger partial charge in [0.15, 0.2) is 0 Å². The molecule has 1 aliphatic carbocycles. The minimum Gasteiger partial charge on any atom is -0.350 e. The van der Waals surface area contributed by atoms with Crippen LogP contribution in [-0.2, 0) is 4.79 Å². The van der Waals surface area contributed by atoms with E-state index < -0.39 is 17.0 Å². The Labute approximate surface area is 194 Å². The topological polar surface area (TPSA) is 79.4 Å². The Hall–Kier alpha value is -2.65. The average Bonchev–Trinajstić information content (AvgIpc) is 3.39. The van der Waals surface area contributed by atoms with E-state index in [0.29, 0.717) is 15.8 Å². The predicted octanol–water partition coefficient (Wildman–Crippen LogP) is 4.72. The molecule has 4 rings (SSSR count). The van der Waals surface area contributed by atoms with Crippen LogP contribution in [0.3, 0.4) is 0 Å². The van der Waals surface area contributed by atoms with E-state index in [0.717, 1.165) is 29.5 Å². The Morgan fingerprint density at radius 2 is 2.00 bits per heavy atom. The van der Waals surface area contributed by atoms with E-state index in [2.05, 4.69) is 10.3 Å². The van der Waals surface area contributed by atoms with Crippen molar-refractivity contribution < 1.29 is 18.8 Å². The van der Waals surface area contributed by atoms with Gasteiger partial charge in [-0.05, 0) is 48.9 Å². The van der Waals surface area contributed by atoms with Crippen LogP contribution in [0.5, 0.6) is 0 Å². The van der Waals surface area contributed by atoms with Crippen LogP contribution in [0, 0.1) is 5.82 Å². The molecular formula is C23H22FN3O3S2. The van der Waals surface area contributed by atoms with E-state index in [-0.39, 0.29) is 29.5 Å². The number of benzene rings is 1. The number of carbonyl (C=O) groups is 3. The third-order valence-electron chi connectivity index (χ3n) is 5.28. The number of pyridine rings is 1. The van der Waals surface area contributed by atoms with Gasteiger partial charge in [-0.25, -0.2) is 9.37 Å². The van der Waals surface area contributed by atoms with E-state index in [4.69, 9.17) is 0 Å². The second-order valence-electron chi connectivity index (χ2n) is 7.49. The van der Waals surface area contributed by atoms with Crippen molar-refractivity contribution in [2.45, 2.75) is 36.0 Å². The fourth-order valence-corrected chi connectivity index (χ4v) is 5.77. The van der Waals surface area contributed by atoms with Crippen molar-refractivity contribution in [3.8, 4) is 0 Å². The number of carbonyl (C=O) groups excluding carboxylic acids is 3. The molecule has 6 nitrogen and oxygen atoms in total. The third kappa shape index (κ3) is 5.21. The lowest BCUT2D eigenvalue weighted by atomic mass is 10.2. The van der Waals surface area contributed by atoms with Crippen molar-refractivity contribution in [3.63, 3.8) is 0 Å². The molecule has 2 heterocycles. The maximum atomic E-state index is 13.9. The third-order valence-corrected chi connectivity index (χ3v) is 7.54. The summed E-state index contributed by atoms with van der Waals surface area (Å²) in [7, 11) is 0. The van der Waals surface area contributed by atoms with E-state index in [1.807, 2.05) is 0 Å². The van der Waals surface area contributed by atoms with Crippen molar-refractivity contribution in [1.29, 1.82) is 0 Å². The first-order valence-electron chi connectivity index (χ1n) is 10.4. The molecule has 1 saturated carbocycles. The maximum absolute atomic E-state index is 13.9. The van der Waals surface area contributed by atoms with Gasteiger partial charge in [0.05, 0.1) is 10.5 Å². The summed E-state index contributed by atoms with van der Waals surface area (Å²) >= 11 is 2.40. The largest absolute Gasteiger partial charge is 0.350 e. The summed E-state index contributed by atoms with van der Waals surface area (Å²) in [6.07, 6.45) is 7.71. The van der Waals surface area contributed by atoms with Crippen LogP contribution in [0.25, 0.3) is 6.08 Å². The Morgan fingerprint density at radius 3 is 2.78 bits per heavy atom. The summed E-state index contributed by atoms with van der Waals surface area (Å²) in [5, 5.41) is 3.52. The number of imide groups is 1. The lowest BCUT2D eigenvalue weighted by Crippen LogP contribution is -2.37. The molecule has 1 saturated heterocycles. The van der Waals surface area contributed by atoms with Gasteiger partial charge in [0.2, 0.25) is 0 Å². The van der Waals surface area contributed by atoms with Crippen molar-refractivity contribution in [2.24, 2.45) is 0 Å². The van der Waals surface area contributed by atoms with E-state index in [1.165, 1.54) is 25.0 Å². The van der Waals surface area contributed by atoms with Gasteiger partial charge in [0, 0.05) is 30.1 Å². The first-order valence-corrected chi connectivity index (χ1v) is 12.1. The van der Waals surface area contributed by atoms with Gasteiger partial charge < -0.3 is 5.32 Å². The second kappa shape index (κ2) is 10.3. The van der Waals surface area contributed by atoms with Crippen molar-refractivity contribution in [2.75, 3.05) is 13.1 Å². The highest BCUT2D eigenvalue weighted by Crippen LogP contribution is 2.35. The minimum absolute atomic E-state index is 0.0381. The highest BCUT2D eigenvalue weighted by molar-refractivity contribution is 8.18. The number of nitrogens with zero attached hydrogens (tertiary/aromatic N) is 2. The van der Waals surface area contributed by atoms with Crippen LogP contribution in [0.2, 0.25) is 0 Å². The number of nitrogens with one attached hydrogen (secondary N) is 1. The second-order valence-corrected chi connectivity index (χ2v) is 9.77. The summed E-state index contributed by atoms with van der Waals surface area (Å²) in [4.78, 5) is 43.2. The Kier molecular flexibility index (Phi) is 7.26. The maximum Gasteiger partial charge on any atom is 0.293 e. The molecule has 0 bridgehead atoms. The molecule has 32 heavy (non-hydrogen) atoms. The summed E-state index contributed by atoms with van der Waals surface area (Å²) in [6.45, 7) is 0.155. The first kappa shape index (κ1) is 22.5. The Bertz CT molecular complexity index is 1070. The fourth-order valence-electron chi connectivity index (χ4n) is 3.62. The Morgan fingerprint density at radius 1 is 1.22 bits per heavy atom. The van der Waals surface area contributed by atoms with E-state index in [1.54, 1.807) is 48.3 Å². The molecule has 2 aromatic rings. The van der Waals surface area contributed by atoms with Crippen LogP contribution >= 0.6 is 23.5 Å². The number of hydrogen-bond donors (Lipinski definition) is 1. The molecule has 0 atom stereocenters. The molecule has 1 N–H and O–H groups in total. The minimum atomic E-state index is -0.489. The van der Waals surface area contributed by atoms with Gasteiger partial charge in [0.25, 0.3) is 17.1 Å². The smallest absolute Gasteiger partial charge is 0.293 e. The van der Waals surface area contributed by atoms with Crippen molar-refractivity contribution in [3.05, 3.63) is 64.4 Å². The zero-order valence-corrected chi connectivity index (χ0v) is 18.9. The molecule has 3 amide bonds. The molecule has 2 fully saturated rings. The molecule has 166 valence electrons. The molecule has 1 aromatic carbocycles. The number of aromatic nitrogens is 1. The summed E-state index contributed by atoms with van der Waals surface area (Å²) in [5.41, 5.74) is 0.744. The molecule has 0 spiro atoms. The monoisotopic (exact) mass is 471 g/mol. The van der Waals surface area contributed by atoms with Crippen LogP contribution in [0.15, 0.2) is 52.5 Å². The fraction of sp³-hybridized carbons (Fsp3) is 0.304. The highest BCUT2D eigenvalue weighted by atomic mass is 32.2. The van der Waals surface area contributed by atoms with Crippen molar-refractivity contribution in [1.82, 2.24) is 15.2 Å². The molecule has 1 aliphatic heterocycles. The quantitative estimate of drug-likeness (QED) is 0.589. The van der Waals surface area contributed by atoms with Gasteiger partial charge >= 0.3 is 0 Å². The number of halogens is 1. The summed E-state index contributed by atoms with van der Waals surface area (Å²) < 4.78 is 13.9.